The largest absolute Gasteiger partial charge is 0.460 e. The highest BCUT2D eigenvalue weighted by molar-refractivity contribution is 5.73. The molecule has 0 fully saturated rings. The minimum absolute atomic E-state index is 0.226. The van der Waals surface area contributed by atoms with Crippen molar-refractivity contribution in [2.75, 3.05) is 5.32 Å². The van der Waals surface area contributed by atoms with E-state index in [2.05, 4.69) is 10.3 Å². The number of halogens is 1. The van der Waals surface area contributed by atoms with Gasteiger partial charge in [-0.3, -0.25) is 4.79 Å². The lowest BCUT2D eigenvalue weighted by Crippen LogP contribution is -2.24. The van der Waals surface area contributed by atoms with Gasteiger partial charge >= 0.3 is 5.97 Å². The number of ether oxygens (including phenoxy) is 1. The molecule has 31 heavy (non-hydrogen) atoms. The quantitative estimate of drug-likeness (QED) is 0.561. The summed E-state index contributed by atoms with van der Waals surface area (Å²) >= 11 is 0. The van der Waals surface area contributed by atoms with E-state index in [9.17, 15) is 9.18 Å². The lowest BCUT2D eigenvalue weighted by molar-refractivity contribution is -0.153. The maximum atomic E-state index is 13.7. The summed E-state index contributed by atoms with van der Waals surface area (Å²) < 4.78 is 19.1. The van der Waals surface area contributed by atoms with Gasteiger partial charge in [-0.05, 0) is 69.9 Å². The molecule has 4 rings (SSSR count). The maximum absolute atomic E-state index is 13.7. The molecule has 1 aromatic heterocycles. The van der Waals surface area contributed by atoms with E-state index in [-0.39, 0.29) is 18.2 Å². The van der Waals surface area contributed by atoms with Crippen LogP contribution in [0, 0.1) is 5.82 Å². The number of carbonyl (C=O) groups excluding carboxylic acids is 1. The van der Waals surface area contributed by atoms with Gasteiger partial charge < -0.3 is 10.1 Å². The number of nitrogens with one attached hydrogen (secondary N) is 1. The molecule has 3 aromatic rings. The van der Waals surface area contributed by atoms with Gasteiger partial charge in [0.15, 0.2) is 5.82 Å². The normalized spacial score (nSPS) is 13.0. The third-order valence-corrected chi connectivity index (χ3v) is 5.00. The number of anilines is 2. The second kappa shape index (κ2) is 8.46. The molecule has 1 aliphatic rings. The molecule has 0 radical (unpaired) electrons. The number of hydrogen-bond donors (Lipinski definition) is 1. The minimum atomic E-state index is -0.495. The molecule has 0 unspecified atom stereocenters. The summed E-state index contributed by atoms with van der Waals surface area (Å²) in [7, 11) is 0. The van der Waals surface area contributed by atoms with Crippen LogP contribution in [0.1, 0.15) is 44.0 Å². The van der Waals surface area contributed by atoms with Gasteiger partial charge in [0.05, 0.1) is 6.42 Å². The third-order valence-electron chi connectivity index (χ3n) is 5.00. The van der Waals surface area contributed by atoms with Crippen LogP contribution in [0.25, 0.3) is 11.4 Å². The van der Waals surface area contributed by atoms with E-state index in [1.165, 1.54) is 12.1 Å². The van der Waals surface area contributed by atoms with Crippen LogP contribution in [-0.4, -0.2) is 21.5 Å². The lowest BCUT2D eigenvalue weighted by Gasteiger charge is -2.19. The van der Waals surface area contributed by atoms with Crippen LogP contribution >= 0.6 is 0 Å². The molecule has 0 bridgehead atoms. The van der Waals surface area contributed by atoms with E-state index < -0.39 is 5.60 Å². The van der Waals surface area contributed by atoms with Crippen molar-refractivity contribution in [2.45, 2.75) is 52.1 Å². The van der Waals surface area contributed by atoms with Crippen LogP contribution < -0.4 is 5.32 Å². The van der Waals surface area contributed by atoms with E-state index >= 15 is 0 Å². The van der Waals surface area contributed by atoms with E-state index in [0.29, 0.717) is 11.4 Å². The highest BCUT2D eigenvalue weighted by atomic mass is 19.1. The summed E-state index contributed by atoms with van der Waals surface area (Å²) in [5.74, 6) is 0.712. The van der Waals surface area contributed by atoms with Crippen molar-refractivity contribution >= 4 is 17.5 Å². The van der Waals surface area contributed by atoms with Gasteiger partial charge in [0.25, 0.3) is 0 Å². The first-order valence-corrected chi connectivity index (χ1v) is 10.5. The van der Waals surface area contributed by atoms with E-state index in [4.69, 9.17) is 9.72 Å². The van der Waals surface area contributed by atoms with Crippen LogP contribution in [0.4, 0.5) is 15.9 Å². The smallest absolute Gasteiger partial charge is 0.310 e. The van der Waals surface area contributed by atoms with Crippen LogP contribution in [0.15, 0.2) is 48.5 Å². The Morgan fingerprint density at radius 3 is 2.58 bits per heavy atom. The second-order valence-corrected chi connectivity index (χ2v) is 8.77. The van der Waals surface area contributed by atoms with Crippen molar-refractivity contribution in [2.24, 2.45) is 0 Å². The van der Waals surface area contributed by atoms with E-state index in [1.54, 1.807) is 6.07 Å². The molecular formula is C25H26FN3O2. The number of aryl methyl sites for hydroxylation is 1. The lowest BCUT2D eigenvalue weighted by atomic mass is 10.1. The second-order valence-electron chi connectivity index (χ2n) is 8.77. The molecule has 1 aliphatic carbocycles. The zero-order chi connectivity index (χ0) is 22.0. The fourth-order valence-electron chi connectivity index (χ4n) is 3.68. The topological polar surface area (TPSA) is 64.1 Å². The number of carbonyl (C=O) groups is 1. The predicted molar refractivity (Wildman–Crippen MR) is 119 cm³/mol. The number of fused-ring (bicyclic) bond motifs is 1. The molecule has 0 saturated carbocycles. The molecule has 1 heterocycles. The molecule has 0 aliphatic heterocycles. The highest BCUT2D eigenvalue weighted by Gasteiger charge is 2.21. The van der Waals surface area contributed by atoms with Crippen LogP contribution in [0.3, 0.4) is 0 Å². The average molecular weight is 420 g/mol. The summed E-state index contributed by atoms with van der Waals surface area (Å²) in [6.45, 7) is 5.57. The Labute approximate surface area is 181 Å². The van der Waals surface area contributed by atoms with Crippen LogP contribution in [0.5, 0.6) is 0 Å². The van der Waals surface area contributed by atoms with E-state index in [0.717, 1.165) is 47.6 Å². The molecule has 5 nitrogen and oxygen atoms in total. The summed E-state index contributed by atoms with van der Waals surface area (Å²) in [5, 5.41) is 3.39. The fourth-order valence-corrected chi connectivity index (χ4v) is 3.68. The van der Waals surface area contributed by atoms with Gasteiger partial charge in [0.1, 0.15) is 17.2 Å². The standard InChI is InChI=1S/C25H26FN3O2/c1-25(2,3)31-22(30)14-16-10-12-19(13-11-16)27-24-20-8-5-9-21(20)28-23(29-24)17-6-4-7-18(26)15-17/h4,6-7,10-13,15H,5,8-9,14H2,1-3H3,(H,27,28,29). The Morgan fingerprint density at radius 2 is 1.87 bits per heavy atom. The number of benzene rings is 2. The molecule has 6 heteroatoms. The molecule has 160 valence electrons. The minimum Gasteiger partial charge on any atom is -0.460 e. The third kappa shape index (κ3) is 5.26. The van der Waals surface area contributed by atoms with Gasteiger partial charge in [-0.25, -0.2) is 14.4 Å². The van der Waals surface area contributed by atoms with Crippen molar-refractivity contribution in [3.63, 3.8) is 0 Å². The number of rotatable bonds is 5. The number of hydrogen-bond acceptors (Lipinski definition) is 5. The van der Waals surface area contributed by atoms with Gasteiger partial charge in [-0.1, -0.05) is 24.3 Å². The Morgan fingerprint density at radius 1 is 1.10 bits per heavy atom. The Kier molecular flexibility index (Phi) is 5.72. The Hall–Kier alpha value is -3.28. The first-order chi connectivity index (χ1) is 14.8. The number of aromatic nitrogens is 2. The van der Waals surface area contributed by atoms with Gasteiger partial charge in [0, 0.05) is 22.5 Å². The average Bonchev–Trinajstić information content (AvgIpc) is 3.17. The molecule has 2 aromatic carbocycles. The van der Waals surface area contributed by atoms with Crippen molar-refractivity contribution in [3.8, 4) is 11.4 Å². The maximum Gasteiger partial charge on any atom is 0.310 e. The summed E-state index contributed by atoms with van der Waals surface area (Å²) in [6.07, 6.45) is 3.06. The monoisotopic (exact) mass is 419 g/mol. The Bertz CT molecular complexity index is 1100. The molecule has 0 spiro atoms. The zero-order valence-corrected chi connectivity index (χ0v) is 18.0. The predicted octanol–water partition coefficient (Wildman–Crippen LogP) is 5.40. The highest BCUT2D eigenvalue weighted by Crippen LogP contribution is 2.31. The van der Waals surface area contributed by atoms with Crippen molar-refractivity contribution < 1.29 is 13.9 Å². The van der Waals surface area contributed by atoms with Gasteiger partial charge in [-0.2, -0.15) is 0 Å². The first kappa shape index (κ1) is 21.0. The van der Waals surface area contributed by atoms with Gasteiger partial charge in [0.2, 0.25) is 0 Å². The zero-order valence-electron chi connectivity index (χ0n) is 18.0. The van der Waals surface area contributed by atoms with Gasteiger partial charge in [-0.15, -0.1) is 0 Å². The molecule has 0 saturated heterocycles. The molecule has 0 amide bonds. The number of esters is 1. The van der Waals surface area contributed by atoms with Crippen molar-refractivity contribution in [1.29, 1.82) is 0 Å². The Balaban J connectivity index is 1.55. The summed E-state index contributed by atoms with van der Waals surface area (Å²) in [4.78, 5) is 21.4. The van der Waals surface area contributed by atoms with Crippen molar-refractivity contribution in [1.82, 2.24) is 9.97 Å². The molecule has 0 atom stereocenters. The first-order valence-electron chi connectivity index (χ1n) is 10.5. The summed E-state index contributed by atoms with van der Waals surface area (Å²) in [6, 6.07) is 14.0. The van der Waals surface area contributed by atoms with Crippen molar-refractivity contribution in [3.05, 3.63) is 71.2 Å². The SMILES string of the molecule is CC(C)(C)OC(=O)Cc1ccc(Nc2nc(-c3cccc(F)c3)nc3c2CCC3)cc1. The van der Waals surface area contributed by atoms with Crippen LogP contribution in [0.2, 0.25) is 0 Å². The molecule has 1 N–H and O–H groups in total. The number of nitrogens with zero attached hydrogens (tertiary/aromatic N) is 2. The van der Waals surface area contributed by atoms with E-state index in [1.807, 2.05) is 51.1 Å². The van der Waals surface area contributed by atoms with Crippen LogP contribution in [-0.2, 0) is 28.8 Å². The molecular weight excluding hydrogens is 393 g/mol. The fraction of sp³-hybridized carbons (Fsp3) is 0.320. The summed E-state index contributed by atoms with van der Waals surface area (Å²) in [5.41, 5.74) is 4.03.